The summed E-state index contributed by atoms with van der Waals surface area (Å²) in [5.74, 6) is 1.21. The number of nitrogens with zero attached hydrogens (tertiary/aromatic N) is 1. The maximum absolute atomic E-state index is 11.2. The number of hydrogen-bond donors (Lipinski definition) is 0. The van der Waals surface area contributed by atoms with Crippen LogP contribution in [0, 0.1) is 5.92 Å². The highest BCUT2D eigenvalue weighted by Gasteiger charge is 2.30. The normalized spacial score (nSPS) is 23.3. The number of benzene rings is 1. The van der Waals surface area contributed by atoms with E-state index in [9.17, 15) is 4.79 Å². The molecule has 1 aromatic carbocycles. The lowest BCUT2D eigenvalue weighted by Crippen LogP contribution is -2.45. The first kappa shape index (κ1) is 13.7. The maximum atomic E-state index is 11.2. The van der Waals surface area contributed by atoms with Crippen LogP contribution in [-0.4, -0.2) is 31.0 Å². The van der Waals surface area contributed by atoms with E-state index in [1.54, 1.807) is 7.11 Å². The van der Waals surface area contributed by atoms with Gasteiger partial charge in [0.15, 0.2) is 0 Å². The van der Waals surface area contributed by atoms with Gasteiger partial charge in [0.1, 0.15) is 5.75 Å². The molecule has 1 saturated heterocycles. The predicted molar refractivity (Wildman–Crippen MR) is 76.2 cm³/mol. The van der Waals surface area contributed by atoms with Gasteiger partial charge in [-0.05, 0) is 30.4 Å². The van der Waals surface area contributed by atoms with Gasteiger partial charge in [-0.3, -0.25) is 4.79 Å². The number of carbonyl (C=O) groups is 1. The van der Waals surface area contributed by atoms with Crippen LogP contribution in [0.25, 0.3) is 0 Å². The Kier molecular flexibility index (Phi) is 4.25. The molecule has 0 spiro atoms. The van der Waals surface area contributed by atoms with Crippen molar-refractivity contribution in [2.75, 3.05) is 13.7 Å². The third-order valence-electron chi connectivity index (χ3n) is 4.10. The van der Waals surface area contributed by atoms with E-state index in [1.165, 1.54) is 5.57 Å². The van der Waals surface area contributed by atoms with Crippen molar-refractivity contribution in [2.24, 2.45) is 5.92 Å². The van der Waals surface area contributed by atoms with Crippen molar-refractivity contribution in [2.45, 2.75) is 25.8 Å². The van der Waals surface area contributed by atoms with Crippen LogP contribution >= 0.6 is 0 Å². The molecule has 0 N–H and O–H groups in total. The summed E-state index contributed by atoms with van der Waals surface area (Å²) >= 11 is 0. The summed E-state index contributed by atoms with van der Waals surface area (Å²) in [6.45, 7) is 7.05. The second-order valence-electron chi connectivity index (χ2n) is 5.12. The van der Waals surface area contributed by atoms with Crippen LogP contribution in [0.2, 0.25) is 0 Å². The van der Waals surface area contributed by atoms with Crippen LogP contribution in [0.15, 0.2) is 36.4 Å². The fraction of sp³-hybridized carbons (Fsp3) is 0.438. The van der Waals surface area contributed by atoms with Gasteiger partial charge in [0.25, 0.3) is 0 Å². The second-order valence-corrected chi connectivity index (χ2v) is 5.12. The smallest absolute Gasteiger partial charge is 0.209 e. The van der Waals surface area contributed by atoms with Crippen LogP contribution in [0.3, 0.4) is 0 Å². The van der Waals surface area contributed by atoms with Crippen LogP contribution in [0.4, 0.5) is 0 Å². The fourth-order valence-electron chi connectivity index (χ4n) is 2.75. The average Bonchev–Trinajstić information content (AvgIpc) is 2.44. The molecule has 2 rings (SSSR count). The highest BCUT2D eigenvalue weighted by Crippen LogP contribution is 2.30. The number of hydrogen-bond acceptors (Lipinski definition) is 2. The molecule has 0 saturated carbocycles. The Hall–Kier alpha value is -1.77. The monoisotopic (exact) mass is 259 g/mol. The summed E-state index contributed by atoms with van der Waals surface area (Å²) in [4.78, 5) is 13.1. The molecule has 0 aliphatic carbocycles. The summed E-state index contributed by atoms with van der Waals surface area (Å²) in [7, 11) is 1.68. The van der Waals surface area contributed by atoms with Crippen LogP contribution in [0.5, 0.6) is 5.75 Å². The van der Waals surface area contributed by atoms with Crippen LogP contribution < -0.4 is 4.74 Å². The van der Waals surface area contributed by atoms with E-state index in [4.69, 9.17) is 4.74 Å². The summed E-state index contributed by atoms with van der Waals surface area (Å²) in [5.41, 5.74) is 2.38. The number of amides is 1. The zero-order valence-corrected chi connectivity index (χ0v) is 11.6. The average molecular weight is 259 g/mol. The van der Waals surface area contributed by atoms with Gasteiger partial charge in [-0.25, -0.2) is 0 Å². The van der Waals surface area contributed by atoms with Crippen molar-refractivity contribution in [3.8, 4) is 5.75 Å². The fourth-order valence-corrected chi connectivity index (χ4v) is 2.75. The van der Waals surface area contributed by atoms with E-state index >= 15 is 0 Å². The number of likely N-dealkylation sites (tertiary alicyclic amines) is 1. The first-order chi connectivity index (χ1) is 9.17. The molecule has 2 atom stereocenters. The van der Waals surface area contributed by atoms with Crippen molar-refractivity contribution in [3.05, 3.63) is 42.0 Å². The highest BCUT2D eigenvalue weighted by molar-refractivity contribution is 5.49. The summed E-state index contributed by atoms with van der Waals surface area (Å²) in [6.07, 6.45) is 2.67. The van der Waals surface area contributed by atoms with Gasteiger partial charge < -0.3 is 9.64 Å². The third kappa shape index (κ3) is 2.80. The van der Waals surface area contributed by atoms with E-state index in [0.29, 0.717) is 5.92 Å². The zero-order chi connectivity index (χ0) is 13.8. The number of rotatable bonds is 4. The first-order valence-corrected chi connectivity index (χ1v) is 6.68. The van der Waals surface area contributed by atoms with Crippen molar-refractivity contribution >= 4 is 6.41 Å². The minimum atomic E-state index is 0.176. The first-order valence-electron chi connectivity index (χ1n) is 6.68. The Morgan fingerprint density at radius 1 is 1.47 bits per heavy atom. The highest BCUT2D eigenvalue weighted by atomic mass is 16.5. The number of methoxy groups -OCH3 is 1. The zero-order valence-electron chi connectivity index (χ0n) is 11.6. The van der Waals surface area contributed by atoms with Gasteiger partial charge in [0.2, 0.25) is 6.41 Å². The molecule has 1 fully saturated rings. The Balaban J connectivity index is 2.23. The molecule has 3 nitrogen and oxygen atoms in total. The minimum absolute atomic E-state index is 0.176. The molecule has 1 aliphatic rings. The molecule has 0 aromatic heterocycles. The Labute approximate surface area is 114 Å². The Bertz CT molecular complexity index is 468. The third-order valence-corrected chi connectivity index (χ3v) is 4.10. The predicted octanol–water partition coefficient (Wildman–Crippen LogP) is 2.66. The molecule has 19 heavy (non-hydrogen) atoms. The van der Waals surface area contributed by atoms with E-state index in [1.807, 2.05) is 23.1 Å². The van der Waals surface area contributed by atoms with Crippen LogP contribution in [0.1, 0.15) is 18.9 Å². The summed E-state index contributed by atoms with van der Waals surface area (Å²) in [6, 6.07) is 8.17. The number of ether oxygens (including phenoxy) is 1. The van der Waals surface area contributed by atoms with Crippen molar-refractivity contribution in [3.63, 3.8) is 0 Å². The Morgan fingerprint density at radius 3 is 2.89 bits per heavy atom. The molecule has 0 unspecified atom stereocenters. The molecular formula is C16H21NO2. The SMILES string of the molecule is C=C1CCN(C=O)[C@@H](Cc2ccccc2OC)[C@@H]1C. The molecule has 102 valence electrons. The molecule has 1 amide bonds. The largest absolute Gasteiger partial charge is 0.496 e. The van der Waals surface area contributed by atoms with E-state index < -0.39 is 0 Å². The summed E-state index contributed by atoms with van der Waals surface area (Å²) in [5, 5.41) is 0. The van der Waals surface area contributed by atoms with E-state index in [0.717, 1.165) is 37.1 Å². The van der Waals surface area contributed by atoms with Crippen molar-refractivity contribution < 1.29 is 9.53 Å². The van der Waals surface area contributed by atoms with Gasteiger partial charge in [-0.1, -0.05) is 37.3 Å². The van der Waals surface area contributed by atoms with Gasteiger partial charge in [-0.15, -0.1) is 0 Å². The second kappa shape index (κ2) is 5.91. The lowest BCUT2D eigenvalue weighted by atomic mass is 9.83. The lowest BCUT2D eigenvalue weighted by Gasteiger charge is -2.39. The van der Waals surface area contributed by atoms with Crippen molar-refractivity contribution in [1.29, 1.82) is 0 Å². The quantitative estimate of drug-likeness (QED) is 0.614. The minimum Gasteiger partial charge on any atom is -0.496 e. The summed E-state index contributed by atoms with van der Waals surface area (Å²) < 4.78 is 5.39. The van der Waals surface area contributed by atoms with Gasteiger partial charge in [0, 0.05) is 12.6 Å². The number of para-hydroxylation sites is 1. The molecule has 1 heterocycles. The van der Waals surface area contributed by atoms with Crippen LogP contribution in [-0.2, 0) is 11.2 Å². The number of carbonyl (C=O) groups excluding carboxylic acids is 1. The standard InChI is InChI=1S/C16H21NO2/c1-12-8-9-17(11-18)15(13(12)2)10-14-6-4-5-7-16(14)19-3/h4-7,11,13,15H,1,8-10H2,2-3H3/t13-,15+/m1/s1. The van der Waals surface area contributed by atoms with Gasteiger partial charge >= 0.3 is 0 Å². The molecule has 1 aromatic rings. The van der Waals surface area contributed by atoms with E-state index in [2.05, 4.69) is 19.6 Å². The molecular weight excluding hydrogens is 238 g/mol. The molecule has 1 aliphatic heterocycles. The maximum Gasteiger partial charge on any atom is 0.209 e. The van der Waals surface area contributed by atoms with E-state index in [-0.39, 0.29) is 6.04 Å². The molecule has 0 radical (unpaired) electrons. The van der Waals surface area contributed by atoms with Gasteiger partial charge in [-0.2, -0.15) is 0 Å². The topological polar surface area (TPSA) is 29.5 Å². The number of piperidine rings is 1. The molecule has 3 heteroatoms. The molecule has 0 bridgehead atoms. The lowest BCUT2D eigenvalue weighted by molar-refractivity contribution is -0.121. The Morgan fingerprint density at radius 2 is 2.21 bits per heavy atom. The van der Waals surface area contributed by atoms with Crippen molar-refractivity contribution in [1.82, 2.24) is 4.90 Å². The van der Waals surface area contributed by atoms with Gasteiger partial charge in [0.05, 0.1) is 7.11 Å².